The van der Waals surface area contributed by atoms with Gasteiger partial charge in [-0.05, 0) is 31.4 Å². The highest BCUT2D eigenvalue weighted by molar-refractivity contribution is 6.31. The van der Waals surface area contributed by atoms with E-state index in [0.717, 1.165) is 29.2 Å². The summed E-state index contributed by atoms with van der Waals surface area (Å²) in [6.45, 7) is 0.696. The van der Waals surface area contributed by atoms with Gasteiger partial charge < -0.3 is 10.1 Å². The number of ether oxygens (including phenoxy) is 1. The minimum absolute atomic E-state index is 0.337. The summed E-state index contributed by atoms with van der Waals surface area (Å²) < 4.78 is 7.38. The van der Waals surface area contributed by atoms with Crippen molar-refractivity contribution in [1.29, 1.82) is 0 Å². The lowest BCUT2D eigenvalue weighted by atomic mass is 9.93. The van der Waals surface area contributed by atoms with Crippen LogP contribution in [0.25, 0.3) is 0 Å². The molecular weight excluding hydrogens is 286 g/mol. The molecule has 4 nitrogen and oxygen atoms in total. The van der Waals surface area contributed by atoms with Gasteiger partial charge in [-0.1, -0.05) is 17.7 Å². The number of aromatic nitrogens is 2. The van der Waals surface area contributed by atoms with Gasteiger partial charge >= 0.3 is 0 Å². The summed E-state index contributed by atoms with van der Waals surface area (Å²) >= 11 is 6.29. The molecule has 1 aromatic carbocycles. The maximum Gasteiger partial charge on any atom is 0.124 e. The Balaban J connectivity index is 1.77. The number of rotatable bonds is 4. The average Bonchev–Trinajstić information content (AvgIpc) is 2.88. The van der Waals surface area contributed by atoms with E-state index in [1.54, 1.807) is 7.11 Å². The van der Waals surface area contributed by atoms with Crippen LogP contribution in [0.5, 0.6) is 5.75 Å². The molecule has 0 aliphatic heterocycles. The molecule has 1 unspecified atom stereocenters. The number of halogens is 1. The maximum absolute atomic E-state index is 6.29. The standard InChI is InChI=1S/C16H20ClN3O/c1-20-15-7-4-6-14(12(15)10-19-20)18-9-11-13(17)5-3-8-16(11)21-2/h3,5,8,10,14,18H,4,6-7,9H2,1-2H3. The van der Waals surface area contributed by atoms with Crippen molar-refractivity contribution in [2.75, 3.05) is 7.11 Å². The molecule has 1 aliphatic carbocycles. The smallest absolute Gasteiger partial charge is 0.124 e. The number of benzene rings is 1. The predicted molar refractivity (Wildman–Crippen MR) is 83.7 cm³/mol. The highest BCUT2D eigenvalue weighted by atomic mass is 35.5. The second kappa shape index (κ2) is 6.08. The topological polar surface area (TPSA) is 39.1 Å². The van der Waals surface area contributed by atoms with Crippen molar-refractivity contribution >= 4 is 11.6 Å². The number of nitrogens with one attached hydrogen (secondary N) is 1. The molecule has 0 saturated heterocycles. The van der Waals surface area contributed by atoms with Crippen LogP contribution in [-0.4, -0.2) is 16.9 Å². The third kappa shape index (κ3) is 2.78. The fraction of sp³-hybridized carbons (Fsp3) is 0.438. The minimum atomic E-state index is 0.337. The second-order valence-corrected chi connectivity index (χ2v) is 5.82. The van der Waals surface area contributed by atoms with Crippen LogP contribution < -0.4 is 10.1 Å². The van der Waals surface area contributed by atoms with Gasteiger partial charge in [0.15, 0.2) is 0 Å². The zero-order chi connectivity index (χ0) is 14.8. The van der Waals surface area contributed by atoms with Gasteiger partial charge in [0.2, 0.25) is 0 Å². The zero-order valence-corrected chi connectivity index (χ0v) is 13.2. The molecule has 0 radical (unpaired) electrons. The maximum atomic E-state index is 6.29. The van der Waals surface area contributed by atoms with E-state index in [-0.39, 0.29) is 0 Å². The van der Waals surface area contributed by atoms with Crippen molar-refractivity contribution in [3.8, 4) is 5.75 Å². The van der Waals surface area contributed by atoms with Crippen LogP contribution in [0.4, 0.5) is 0 Å². The summed E-state index contributed by atoms with van der Waals surface area (Å²) in [5.74, 6) is 0.831. The van der Waals surface area contributed by atoms with E-state index in [1.165, 1.54) is 17.7 Å². The monoisotopic (exact) mass is 305 g/mol. The minimum Gasteiger partial charge on any atom is -0.496 e. The quantitative estimate of drug-likeness (QED) is 0.942. The Morgan fingerprint density at radius 2 is 2.33 bits per heavy atom. The molecule has 0 saturated carbocycles. The Labute approximate surface area is 130 Å². The van der Waals surface area contributed by atoms with Crippen LogP contribution in [-0.2, 0) is 20.0 Å². The van der Waals surface area contributed by atoms with Gasteiger partial charge in [-0.2, -0.15) is 5.10 Å². The van der Waals surface area contributed by atoms with E-state index in [0.29, 0.717) is 12.6 Å². The molecule has 21 heavy (non-hydrogen) atoms. The molecule has 1 aromatic heterocycles. The predicted octanol–water partition coefficient (Wildman–Crippen LogP) is 3.25. The third-order valence-corrected chi connectivity index (χ3v) is 4.55. The summed E-state index contributed by atoms with van der Waals surface area (Å²) in [6.07, 6.45) is 5.41. The van der Waals surface area contributed by atoms with Gasteiger partial charge in [-0.25, -0.2) is 0 Å². The van der Waals surface area contributed by atoms with Crippen molar-refractivity contribution in [3.05, 3.63) is 46.2 Å². The summed E-state index contributed by atoms with van der Waals surface area (Å²) in [7, 11) is 3.69. The van der Waals surface area contributed by atoms with Gasteiger partial charge in [-0.3, -0.25) is 4.68 Å². The number of hydrogen-bond acceptors (Lipinski definition) is 3. The number of hydrogen-bond donors (Lipinski definition) is 1. The first-order chi connectivity index (χ1) is 10.2. The summed E-state index contributed by atoms with van der Waals surface area (Å²) in [4.78, 5) is 0. The van der Waals surface area contributed by atoms with E-state index in [1.807, 2.05) is 36.1 Å². The highest BCUT2D eigenvalue weighted by Gasteiger charge is 2.23. The lowest BCUT2D eigenvalue weighted by Crippen LogP contribution is -2.25. The number of methoxy groups -OCH3 is 1. The second-order valence-electron chi connectivity index (χ2n) is 5.42. The summed E-state index contributed by atoms with van der Waals surface area (Å²) in [5.41, 5.74) is 3.66. The fourth-order valence-electron chi connectivity index (χ4n) is 3.05. The molecule has 0 bridgehead atoms. The number of nitrogens with zero attached hydrogens (tertiary/aromatic N) is 2. The largest absolute Gasteiger partial charge is 0.496 e. The van der Waals surface area contributed by atoms with E-state index < -0.39 is 0 Å². The molecule has 0 amide bonds. The molecule has 3 rings (SSSR count). The SMILES string of the molecule is COc1cccc(Cl)c1CNC1CCCc2c1cnn2C. The van der Waals surface area contributed by atoms with Gasteiger partial charge in [0.05, 0.1) is 13.3 Å². The molecule has 112 valence electrons. The van der Waals surface area contributed by atoms with Crippen LogP contribution >= 0.6 is 11.6 Å². The van der Waals surface area contributed by atoms with Crippen LogP contribution in [0.1, 0.15) is 35.7 Å². The molecule has 0 spiro atoms. The first kappa shape index (κ1) is 14.4. The van der Waals surface area contributed by atoms with E-state index in [4.69, 9.17) is 16.3 Å². The van der Waals surface area contributed by atoms with E-state index in [9.17, 15) is 0 Å². The van der Waals surface area contributed by atoms with Gasteiger partial charge in [0, 0.05) is 41.5 Å². The van der Waals surface area contributed by atoms with Gasteiger partial charge in [0.25, 0.3) is 0 Å². The van der Waals surface area contributed by atoms with Gasteiger partial charge in [0.1, 0.15) is 5.75 Å². The van der Waals surface area contributed by atoms with Gasteiger partial charge in [-0.15, -0.1) is 0 Å². The van der Waals surface area contributed by atoms with E-state index in [2.05, 4.69) is 10.4 Å². The van der Waals surface area contributed by atoms with Crippen LogP contribution in [0, 0.1) is 0 Å². The first-order valence-corrected chi connectivity index (χ1v) is 7.64. The van der Waals surface area contributed by atoms with Crippen LogP contribution in [0.3, 0.4) is 0 Å². The molecule has 1 heterocycles. The zero-order valence-electron chi connectivity index (χ0n) is 12.4. The molecule has 1 atom stereocenters. The van der Waals surface area contributed by atoms with Crippen LogP contribution in [0.15, 0.2) is 24.4 Å². The Morgan fingerprint density at radius 3 is 3.14 bits per heavy atom. The lowest BCUT2D eigenvalue weighted by Gasteiger charge is -2.24. The molecule has 5 heteroatoms. The average molecular weight is 306 g/mol. The van der Waals surface area contributed by atoms with Crippen molar-refractivity contribution in [1.82, 2.24) is 15.1 Å². The van der Waals surface area contributed by atoms with E-state index >= 15 is 0 Å². The summed E-state index contributed by atoms with van der Waals surface area (Å²) in [5, 5.41) is 8.73. The van der Waals surface area contributed by atoms with Crippen LogP contribution in [0.2, 0.25) is 5.02 Å². The number of aryl methyl sites for hydroxylation is 1. The molecule has 1 aliphatic rings. The van der Waals surface area contributed by atoms with Crippen molar-refractivity contribution < 1.29 is 4.74 Å². The number of fused-ring (bicyclic) bond motifs is 1. The van der Waals surface area contributed by atoms with Crippen molar-refractivity contribution in [3.63, 3.8) is 0 Å². The Hall–Kier alpha value is -1.52. The molecular formula is C16H20ClN3O. The highest BCUT2D eigenvalue weighted by Crippen LogP contribution is 2.31. The Kier molecular flexibility index (Phi) is 4.17. The first-order valence-electron chi connectivity index (χ1n) is 7.26. The third-order valence-electron chi connectivity index (χ3n) is 4.20. The molecule has 1 N–H and O–H groups in total. The lowest BCUT2D eigenvalue weighted by molar-refractivity contribution is 0.400. The molecule has 0 fully saturated rings. The molecule has 2 aromatic rings. The summed E-state index contributed by atoms with van der Waals surface area (Å²) in [6, 6.07) is 6.09. The Morgan fingerprint density at radius 1 is 1.48 bits per heavy atom. The normalized spacial score (nSPS) is 17.6. The van der Waals surface area contributed by atoms with Crippen molar-refractivity contribution in [2.24, 2.45) is 7.05 Å². The van der Waals surface area contributed by atoms with Crippen molar-refractivity contribution in [2.45, 2.75) is 31.8 Å². The Bertz CT molecular complexity index is 638. The fourth-order valence-corrected chi connectivity index (χ4v) is 3.28.